The van der Waals surface area contributed by atoms with E-state index in [-0.39, 0.29) is 5.38 Å². The van der Waals surface area contributed by atoms with Crippen LogP contribution in [0.25, 0.3) is 11.0 Å². The lowest BCUT2D eigenvalue weighted by Gasteiger charge is -2.08. The van der Waals surface area contributed by atoms with Gasteiger partial charge in [-0.3, -0.25) is 0 Å². The van der Waals surface area contributed by atoms with E-state index in [1.54, 1.807) is 6.20 Å². The lowest BCUT2D eigenvalue weighted by molar-refractivity contribution is 0.445. The van der Waals surface area contributed by atoms with E-state index in [9.17, 15) is 0 Å². The van der Waals surface area contributed by atoms with Crippen molar-refractivity contribution in [2.45, 2.75) is 39.1 Å². The lowest BCUT2D eigenvalue weighted by Crippen LogP contribution is -2.06. The molecule has 0 radical (unpaired) electrons. The molecule has 2 aromatic heterocycles. The number of aromatic nitrogens is 3. The van der Waals surface area contributed by atoms with Crippen molar-refractivity contribution in [1.29, 1.82) is 0 Å². The van der Waals surface area contributed by atoms with Gasteiger partial charge >= 0.3 is 0 Å². The molecule has 0 aliphatic heterocycles. The van der Waals surface area contributed by atoms with Crippen molar-refractivity contribution in [2.24, 2.45) is 0 Å². The van der Waals surface area contributed by atoms with Crippen LogP contribution < -0.4 is 0 Å². The molecule has 0 amide bonds. The van der Waals surface area contributed by atoms with E-state index in [2.05, 4.69) is 33.6 Å². The minimum absolute atomic E-state index is 0.168. The van der Waals surface area contributed by atoms with Crippen molar-refractivity contribution < 1.29 is 4.42 Å². The highest BCUT2D eigenvalue weighted by molar-refractivity contribution is 6.20. The number of rotatable bonds is 4. The van der Waals surface area contributed by atoms with Gasteiger partial charge in [-0.15, -0.1) is 11.6 Å². The molecular formula is C16H18ClN3O. The number of hydrogen-bond acceptors (Lipinski definition) is 3. The molecule has 0 saturated heterocycles. The Balaban J connectivity index is 2.09. The van der Waals surface area contributed by atoms with Crippen LogP contribution >= 0.6 is 11.6 Å². The van der Waals surface area contributed by atoms with Crippen LogP contribution in [0.2, 0.25) is 0 Å². The first-order valence-electron chi connectivity index (χ1n) is 7.13. The SMILES string of the molecule is CCc1cnc(Cn2c(C(C)Cl)nc3ccc(C)cc32)o1. The Morgan fingerprint density at radius 3 is 2.86 bits per heavy atom. The summed E-state index contributed by atoms with van der Waals surface area (Å²) in [6, 6.07) is 6.20. The van der Waals surface area contributed by atoms with Gasteiger partial charge in [0.2, 0.25) is 5.89 Å². The van der Waals surface area contributed by atoms with E-state index in [0.29, 0.717) is 12.4 Å². The van der Waals surface area contributed by atoms with Crippen molar-refractivity contribution in [1.82, 2.24) is 14.5 Å². The number of nitrogens with zero attached hydrogens (tertiary/aromatic N) is 3. The van der Waals surface area contributed by atoms with Gasteiger partial charge in [-0.05, 0) is 31.5 Å². The normalized spacial score (nSPS) is 13.0. The number of benzene rings is 1. The summed E-state index contributed by atoms with van der Waals surface area (Å²) in [7, 11) is 0. The average Bonchev–Trinajstić information content (AvgIpc) is 3.04. The molecular weight excluding hydrogens is 286 g/mol. The summed E-state index contributed by atoms with van der Waals surface area (Å²) in [6.07, 6.45) is 2.62. The Bertz CT molecular complexity index is 773. The first-order valence-corrected chi connectivity index (χ1v) is 7.56. The predicted octanol–water partition coefficient (Wildman–Crippen LogP) is 4.24. The summed E-state index contributed by atoms with van der Waals surface area (Å²) in [5.74, 6) is 2.42. The van der Waals surface area contributed by atoms with Gasteiger partial charge < -0.3 is 8.98 Å². The van der Waals surface area contributed by atoms with Crippen LogP contribution in [-0.2, 0) is 13.0 Å². The summed E-state index contributed by atoms with van der Waals surface area (Å²) < 4.78 is 7.81. The van der Waals surface area contributed by atoms with Gasteiger partial charge in [0.25, 0.3) is 0 Å². The summed E-state index contributed by atoms with van der Waals surface area (Å²) in [5, 5.41) is -0.168. The van der Waals surface area contributed by atoms with Crippen LogP contribution in [0.3, 0.4) is 0 Å². The van der Waals surface area contributed by atoms with Gasteiger partial charge in [-0.25, -0.2) is 9.97 Å². The van der Waals surface area contributed by atoms with Gasteiger partial charge in [-0.2, -0.15) is 0 Å². The van der Waals surface area contributed by atoms with Crippen LogP contribution in [-0.4, -0.2) is 14.5 Å². The molecule has 0 saturated carbocycles. The Kier molecular flexibility index (Phi) is 3.72. The lowest BCUT2D eigenvalue weighted by atomic mass is 10.2. The number of fused-ring (bicyclic) bond motifs is 1. The molecule has 0 aliphatic rings. The Morgan fingerprint density at radius 1 is 1.38 bits per heavy atom. The number of oxazole rings is 1. The van der Waals surface area contributed by atoms with Crippen LogP contribution in [0.4, 0.5) is 0 Å². The fourth-order valence-electron chi connectivity index (χ4n) is 2.44. The van der Waals surface area contributed by atoms with E-state index in [4.69, 9.17) is 16.0 Å². The number of halogens is 1. The highest BCUT2D eigenvalue weighted by Gasteiger charge is 2.17. The van der Waals surface area contributed by atoms with Crippen molar-refractivity contribution in [2.75, 3.05) is 0 Å². The van der Waals surface area contributed by atoms with Gasteiger partial charge in [0.1, 0.15) is 18.1 Å². The quantitative estimate of drug-likeness (QED) is 0.677. The van der Waals surface area contributed by atoms with E-state index in [1.807, 2.05) is 19.9 Å². The third-order valence-electron chi connectivity index (χ3n) is 3.53. The minimum Gasteiger partial charge on any atom is -0.444 e. The average molecular weight is 304 g/mol. The first kappa shape index (κ1) is 14.1. The molecule has 0 N–H and O–H groups in total. The van der Waals surface area contributed by atoms with Gasteiger partial charge in [0.15, 0.2) is 0 Å². The molecule has 1 unspecified atom stereocenters. The second-order valence-corrected chi connectivity index (χ2v) is 5.89. The van der Waals surface area contributed by atoms with Gasteiger partial charge in [-0.1, -0.05) is 13.0 Å². The highest BCUT2D eigenvalue weighted by Crippen LogP contribution is 2.26. The molecule has 1 aromatic carbocycles. The second kappa shape index (κ2) is 5.53. The Labute approximate surface area is 128 Å². The van der Waals surface area contributed by atoms with Crippen LogP contribution in [0.15, 0.2) is 28.8 Å². The Morgan fingerprint density at radius 2 is 2.19 bits per heavy atom. The molecule has 4 nitrogen and oxygen atoms in total. The zero-order valence-electron chi connectivity index (χ0n) is 12.4. The zero-order valence-corrected chi connectivity index (χ0v) is 13.2. The molecule has 5 heteroatoms. The minimum atomic E-state index is -0.168. The molecule has 0 spiro atoms. The number of aryl methyl sites for hydroxylation is 2. The maximum absolute atomic E-state index is 6.28. The summed E-state index contributed by atoms with van der Waals surface area (Å²) in [6.45, 7) is 6.60. The molecule has 110 valence electrons. The summed E-state index contributed by atoms with van der Waals surface area (Å²) in [4.78, 5) is 8.97. The fourth-order valence-corrected chi connectivity index (χ4v) is 2.61. The predicted molar refractivity (Wildman–Crippen MR) is 83.7 cm³/mol. The molecule has 2 heterocycles. The van der Waals surface area contributed by atoms with Crippen molar-refractivity contribution in [3.8, 4) is 0 Å². The van der Waals surface area contributed by atoms with E-state index >= 15 is 0 Å². The van der Waals surface area contributed by atoms with E-state index < -0.39 is 0 Å². The number of alkyl halides is 1. The standard InChI is InChI=1S/C16H18ClN3O/c1-4-12-8-18-15(21-12)9-20-14-7-10(2)5-6-13(14)19-16(20)11(3)17/h5-8,11H,4,9H2,1-3H3. The zero-order chi connectivity index (χ0) is 15.0. The Hall–Kier alpha value is -1.81. The monoisotopic (exact) mass is 303 g/mol. The molecule has 21 heavy (non-hydrogen) atoms. The fraction of sp³-hybridized carbons (Fsp3) is 0.375. The van der Waals surface area contributed by atoms with E-state index in [0.717, 1.165) is 29.0 Å². The topological polar surface area (TPSA) is 43.9 Å². The second-order valence-electron chi connectivity index (χ2n) is 5.24. The van der Waals surface area contributed by atoms with Crippen molar-refractivity contribution in [3.63, 3.8) is 0 Å². The highest BCUT2D eigenvalue weighted by atomic mass is 35.5. The molecule has 3 rings (SSSR count). The van der Waals surface area contributed by atoms with Crippen molar-refractivity contribution >= 4 is 22.6 Å². The maximum Gasteiger partial charge on any atom is 0.214 e. The smallest absolute Gasteiger partial charge is 0.214 e. The van der Waals surface area contributed by atoms with E-state index in [1.165, 1.54) is 5.56 Å². The molecule has 1 atom stereocenters. The molecule has 3 aromatic rings. The number of imidazole rings is 1. The van der Waals surface area contributed by atoms with Crippen LogP contribution in [0, 0.1) is 6.92 Å². The third-order valence-corrected chi connectivity index (χ3v) is 3.73. The summed E-state index contributed by atoms with van der Waals surface area (Å²) >= 11 is 6.28. The van der Waals surface area contributed by atoms with Gasteiger partial charge in [0, 0.05) is 6.42 Å². The molecule has 0 aliphatic carbocycles. The number of hydrogen-bond donors (Lipinski definition) is 0. The maximum atomic E-state index is 6.28. The first-order chi connectivity index (χ1) is 10.1. The third kappa shape index (κ3) is 2.68. The molecule has 0 bridgehead atoms. The molecule has 0 fully saturated rings. The van der Waals surface area contributed by atoms with Crippen LogP contribution in [0.5, 0.6) is 0 Å². The summed E-state index contributed by atoms with van der Waals surface area (Å²) in [5.41, 5.74) is 3.21. The van der Waals surface area contributed by atoms with Crippen LogP contribution in [0.1, 0.15) is 42.3 Å². The van der Waals surface area contributed by atoms with Crippen molar-refractivity contribution in [3.05, 3.63) is 47.4 Å². The largest absolute Gasteiger partial charge is 0.444 e. The van der Waals surface area contributed by atoms with Gasteiger partial charge in [0.05, 0.1) is 22.6 Å².